The Morgan fingerprint density at radius 1 is 1.42 bits per heavy atom. The van der Waals surface area contributed by atoms with Gasteiger partial charge in [0.2, 0.25) is 0 Å². The van der Waals surface area contributed by atoms with Gasteiger partial charge < -0.3 is 10.1 Å². The largest absolute Gasteiger partial charge is 0.372 e. The molecule has 1 aliphatic carbocycles. The topological polar surface area (TPSA) is 21.3 Å². The molecule has 0 radical (unpaired) electrons. The number of hydrogen-bond donors (Lipinski definition) is 1. The van der Waals surface area contributed by atoms with Crippen LogP contribution >= 0.6 is 0 Å². The van der Waals surface area contributed by atoms with Crippen molar-refractivity contribution in [2.24, 2.45) is 5.92 Å². The molecular formula is C10H19NO. The molecule has 0 amide bonds. The molecule has 0 aromatic heterocycles. The Morgan fingerprint density at radius 3 is 2.75 bits per heavy atom. The first-order valence-electron chi connectivity index (χ1n) is 5.10. The van der Waals surface area contributed by atoms with Crippen LogP contribution in [0.1, 0.15) is 33.1 Å². The highest BCUT2D eigenvalue weighted by molar-refractivity contribution is 4.96. The van der Waals surface area contributed by atoms with Crippen LogP contribution in [-0.4, -0.2) is 24.8 Å². The van der Waals surface area contributed by atoms with E-state index in [0.29, 0.717) is 6.04 Å². The highest BCUT2D eigenvalue weighted by atomic mass is 16.5. The highest BCUT2D eigenvalue weighted by Crippen LogP contribution is 2.39. The lowest BCUT2D eigenvalue weighted by atomic mass is 9.90. The van der Waals surface area contributed by atoms with Gasteiger partial charge in [-0.15, -0.1) is 0 Å². The Kier molecular flexibility index (Phi) is 2.13. The summed E-state index contributed by atoms with van der Waals surface area (Å²) in [4.78, 5) is 0. The van der Waals surface area contributed by atoms with E-state index in [1.54, 1.807) is 0 Å². The van der Waals surface area contributed by atoms with E-state index < -0.39 is 0 Å². The Bertz CT molecular complexity index is 161. The lowest BCUT2D eigenvalue weighted by molar-refractivity contribution is -0.0994. The summed E-state index contributed by atoms with van der Waals surface area (Å²) < 4.78 is 5.99. The summed E-state index contributed by atoms with van der Waals surface area (Å²) in [6, 6.07) is 0.545. The van der Waals surface area contributed by atoms with Crippen molar-refractivity contribution in [1.29, 1.82) is 0 Å². The monoisotopic (exact) mass is 169 g/mol. The number of hydrogen-bond acceptors (Lipinski definition) is 2. The zero-order valence-electron chi connectivity index (χ0n) is 8.10. The van der Waals surface area contributed by atoms with Crippen LogP contribution in [0.4, 0.5) is 0 Å². The van der Waals surface area contributed by atoms with Crippen molar-refractivity contribution >= 4 is 0 Å². The summed E-state index contributed by atoms with van der Waals surface area (Å²) in [7, 11) is 0. The number of nitrogens with one attached hydrogen (secondary N) is 1. The van der Waals surface area contributed by atoms with Gasteiger partial charge in [0.15, 0.2) is 0 Å². The van der Waals surface area contributed by atoms with Gasteiger partial charge in [0.1, 0.15) is 0 Å². The first-order chi connectivity index (χ1) is 5.73. The van der Waals surface area contributed by atoms with Gasteiger partial charge >= 0.3 is 0 Å². The maximum absolute atomic E-state index is 5.99. The molecule has 2 rings (SSSR count). The Hall–Kier alpha value is -0.0800. The molecule has 3 atom stereocenters. The fraction of sp³-hybridized carbons (Fsp3) is 1.00. The second-order valence-corrected chi connectivity index (χ2v) is 4.45. The van der Waals surface area contributed by atoms with Gasteiger partial charge in [-0.3, -0.25) is 0 Å². The second kappa shape index (κ2) is 3.00. The van der Waals surface area contributed by atoms with E-state index in [-0.39, 0.29) is 5.60 Å². The Labute approximate surface area is 74.7 Å². The molecule has 2 fully saturated rings. The zero-order chi connectivity index (χ0) is 8.60. The lowest BCUT2D eigenvalue weighted by Gasteiger charge is -2.40. The minimum absolute atomic E-state index is 0.201. The molecule has 12 heavy (non-hydrogen) atoms. The van der Waals surface area contributed by atoms with E-state index in [0.717, 1.165) is 19.1 Å². The van der Waals surface area contributed by atoms with Gasteiger partial charge in [-0.05, 0) is 25.7 Å². The predicted molar refractivity (Wildman–Crippen MR) is 49.2 cm³/mol. The Morgan fingerprint density at radius 2 is 2.25 bits per heavy atom. The molecular weight excluding hydrogens is 150 g/mol. The minimum atomic E-state index is 0.201. The zero-order valence-corrected chi connectivity index (χ0v) is 8.10. The molecule has 1 aliphatic heterocycles. The fourth-order valence-electron chi connectivity index (χ4n) is 2.44. The predicted octanol–water partition coefficient (Wildman–Crippen LogP) is 1.55. The van der Waals surface area contributed by atoms with Crippen LogP contribution in [0, 0.1) is 5.92 Å². The van der Waals surface area contributed by atoms with Crippen molar-refractivity contribution in [1.82, 2.24) is 5.32 Å². The molecule has 0 bridgehead atoms. The van der Waals surface area contributed by atoms with E-state index in [1.165, 1.54) is 19.3 Å². The van der Waals surface area contributed by atoms with Gasteiger partial charge in [0.25, 0.3) is 0 Å². The van der Waals surface area contributed by atoms with Crippen molar-refractivity contribution in [2.75, 3.05) is 13.2 Å². The molecule has 3 unspecified atom stereocenters. The maximum Gasteiger partial charge on any atom is 0.0832 e. The van der Waals surface area contributed by atoms with Crippen LogP contribution in [0.5, 0.6) is 0 Å². The first-order valence-corrected chi connectivity index (χ1v) is 5.10. The standard InChI is InChI=1S/C10H19NO/c1-8-4-3-5-10(8)7-11-9(2)6-12-10/h8-9,11H,3-7H2,1-2H3. The maximum atomic E-state index is 5.99. The van der Waals surface area contributed by atoms with Crippen molar-refractivity contribution in [3.8, 4) is 0 Å². The normalized spacial score (nSPS) is 48.5. The average Bonchev–Trinajstić information content (AvgIpc) is 2.41. The summed E-state index contributed by atoms with van der Waals surface area (Å²) in [5.41, 5.74) is 0.201. The summed E-state index contributed by atoms with van der Waals surface area (Å²) in [5, 5.41) is 3.52. The third-order valence-electron chi connectivity index (χ3n) is 3.51. The third kappa shape index (κ3) is 1.27. The van der Waals surface area contributed by atoms with E-state index in [4.69, 9.17) is 4.74 Å². The molecule has 2 nitrogen and oxygen atoms in total. The van der Waals surface area contributed by atoms with E-state index in [9.17, 15) is 0 Å². The third-order valence-corrected chi connectivity index (χ3v) is 3.51. The molecule has 2 heteroatoms. The molecule has 70 valence electrons. The summed E-state index contributed by atoms with van der Waals surface area (Å²) in [5.74, 6) is 0.748. The average molecular weight is 169 g/mol. The van der Waals surface area contributed by atoms with E-state index in [2.05, 4.69) is 19.2 Å². The molecule has 1 spiro atoms. The van der Waals surface area contributed by atoms with E-state index >= 15 is 0 Å². The molecule has 1 saturated carbocycles. The number of ether oxygens (including phenoxy) is 1. The van der Waals surface area contributed by atoms with Gasteiger partial charge in [0, 0.05) is 12.6 Å². The fourth-order valence-corrected chi connectivity index (χ4v) is 2.44. The quantitative estimate of drug-likeness (QED) is 0.594. The van der Waals surface area contributed by atoms with Crippen LogP contribution in [0.25, 0.3) is 0 Å². The smallest absolute Gasteiger partial charge is 0.0832 e. The number of rotatable bonds is 0. The van der Waals surface area contributed by atoms with Gasteiger partial charge in [-0.25, -0.2) is 0 Å². The van der Waals surface area contributed by atoms with Gasteiger partial charge in [-0.2, -0.15) is 0 Å². The van der Waals surface area contributed by atoms with Crippen LogP contribution in [-0.2, 0) is 4.74 Å². The minimum Gasteiger partial charge on any atom is -0.372 e. The van der Waals surface area contributed by atoms with Gasteiger partial charge in [-0.1, -0.05) is 13.3 Å². The van der Waals surface area contributed by atoms with Crippen molar-refractivity contribution < 1.29 is 4.74 Å². The van der Waals surface area contributed by atoms with Crippen LogP contribution in [0.15, 0.2) is 0 Å². The van der Waals surface area contributed by atoms with Gasteiger partial charge in [0.05, 0.1) is 12.2 Å². The van der Waals surface area contributed by atoms with Crippen molar-refractivity contribution in [3.05, 3.63) is 0 Å². The van der Waals surface area contributed by atoms with Crippen molar-refractivity contribution in [2.45, 2.75) is 44.8 Å². The summed E-state index contributed by atoms with van der Waals surface area (Å²) in [6.45, 7) is 6.47. The van der Waals surface area contributed by atoms with Crippen LogP contribution in [0.2, 0.25) is 0 Å². The van der Waals surface area contributed by atoms with Crippen molar-refractivity contribution in [3.63, 3.8) is 0 Å². The summed E-state index contributed by atoms with van der Waals surface area (Å²) in [6.07, 6.45) is 3.95. The molecule has 1 N–H and O–H groups in total. The van der Waals surface area contributed by atoms with Crippen LogP contribution in [0.3, 0.4) is 0 Å². The lowest BCUT2D eigenvalue weighted by Crippen LogP contribution is -2.54. The first kappa shape index (κ1) is 8.52. The molecule has 2 aliphatic rings. The van der Waals surface area contributed by atoms with E-state index in [1.807, 2.05) is 0 Å². The van der Waals surface area contributed by atoms with Crippen LogP contribution < -0.4 is 5.32 Å². The molecule has 0 aromatic carbocycles. The highest BCUT2D eigenvalue weighted by Gasteiger charge is 2.43. The second-order valence-electron chi connectivity index (χ2n) is 4.45. The number of morpholine rings is 1. The summed E-state index contributed by atoms with van der Waals surface area (Å²) >= 11 is 0. The Balaban J connectivity index is 2.02. The molecule has 1 saturated heterocycles. The SMILES string of the molecule is CC1COC2(CCCC2C)CN1. The molecule has 0 aromatic rings. The molecule has 1 heterocycles.